The smallest absolute Gasteiger partial charge is 0.245 e. The molecule has 2 aromatic rings. The summed E-state index contributed by atoms with van der Waals surface area (Å²) in [7, 11) is -3.67. The lowest BCUT2D eigenvalue weighted by molar-refractivity contribution is 0.171. The molecule has 0 saturated heterocycles. The molecule has 1 N–H and O–H groups in total. The first kappa shape index (κ1) is 17.1. The summed E-state index contributed by atoms with van der Waals surface area (Å²) in [5, 5.41) is 4.12. The van der Waals surface area contributed by atoms with Crippen molar-refractivity contribution in [3.8, 4) is 11.5 Å². The number of aromatic nitrogens is 1. The maximum atomic E-state index is 12.3. The van der Waals surface area contributed by atoms with Gasteiger partial charge in [0.05, 0.1) is 5.02 Å². The maximum Gasteiger partial charge on any atom is 0.245 e. The van der Waals surface area contributed by atoms with E-state index in [0.29, 0.717) is 41.9 Å². The number of aryl methyl sites for hydroxylation is 2. The van der Waals surface area contributed by atoms with E-state index in [2.05, 4.69) is 9.88 Å². The Morgan fingerprint density at radius 2 is 2.00 bits per heavy atom. The average molecular weight is 373 g/mol. The van der Waals surface area contributed by atoms with Gasteiger partial charge in [-0.05, 0) is 38.0 Å². The molecule has 0 amide bonds. The van der Waals surface area contributed by atoms with Crippen molar-refractivity contribution in [3.05, 3.63) is 34.2 Å². The van der Waals surface area contributed by atoms with Crippen molar-refractivity contribution in [1.29, 1.82) is 0 Å². The third kappa shape index (κ3) is 3.35. The van der Waals surface area contributed by atoms with Crippen LogP contribution in [0.1, 0.15) is 17.0 Å². The number of halogens is 1. The van der Waals surface area contributed by atoms with E-state index >= 15 is 0 Å². The Balaban J connectivity index is 1.70. The van der Waals surface area contributed by atoms with Gasteiger partial charge in [-0.2, -0.15) is 0 Å². The standard InChI is InChI=1S/C15H17ClN2O5S/c1-9-15(10(2)23-18-9)24(19,20)17-4-3-11-7-12(16)14-13(8-11)21-5-6-22-14/h7-8,17H,3-6H2,1-2H3. The highest BCUT2D eigenvalue weighted by molar-refractivity contribution is 7.89. The molecular weight excluding hydrogens is 356 g/mol. The summed E-state index contributed by atoms with van der Waals surface area (Å²) < 4.78 is 43.1. The summed E-state index contributed by atoms with van der Waals surface area (Å²) >= 11 is 6.17. The molecule has 0 unspecified atom stereocenters. The van der Waals surface area contributed by atoms with Crippen molar-refractivity contribution in [1.82, 2.24) is 9.88 Å². The van der Waals surface area contributed by atoms with E-state index in [-0.39, 0.29) is 17.2 Å². The van der Waals surface area contributed by atoms with Crippen LogP contribution in [0.4, 0.5) is 0 Å². The van der Waals surface area contributed by atoms with E-state index in [1.807, 2.05) is 6.07 Å². The highest BCUT2D eigenvalue weighted by atomic mass is 35.5. The zero-order valence-corrected chi connectivity index (χ0v) is 14.8. The Bertz CT molecular complexity index is 843. The summed E-state index contributed by atoms with van der Waals surface area (Å²) in [5.41, 5.74) is 1.19. The molecule has 0 aliphatic carbocycles. The van der Waals surface area contributed by atoms with Crippen LogP contribution in [-0.4, -0.2) is 33.3 Å². The van der Waals surface area contributed by atoms with Crippen molar-refractivity contribution in [2.75, 3.05) is 19.8 Å². The van der Waals surface area contributed by atoms with Gasteiger partial charge >= 0.3 is 0 Å². The fourth-order valence-electron chi connectivity index (χ4n) is 2.57. The van der Waals surface area contributed by atoms with Crippen molar-refractivity contribution in [2.45, 2.75) is 25.2 Å². The average Bonchev–Trinajstić information content (AvgIpc) is 2.87. The highest BCUT2D eigenvalue weighted by Crippen LogP contribution is 2.38. The Hall–Kier alpha value is -1.77. The van der Waals surface area contributed by atoms with Crippen molar-refractivity contribution < 1.29 is 22.4 Å². The Morgan fingerprint density at radius 1 is 1.25 bits per heavy atom. The van der Waals surface area contributed by atoms with Gasteiger partial charge in [-0.15, -0.1) is 0 Å². The van der Waals surface area contributed by atoms with Crippen LogP contribution in [0.25, 0.3) is 0 Å². The molecule has 0 bridgehead atoms. The molecule has 24 heavy (non-hydrogen) atoms. The Kier molecular flexibility index (Phi) is 4.71. The molecule has 2 heterocycles. The number of benzene rings is 1. The lowest BCUT2D eigenvalue weighted by Gasteiger charge is -2.20. The number of hydrogen-bond donors (Lipinski definition) is 1. The SMILES string of the molecule is Cc1noc(C)c1S(=O)(=O)NCCc1cc(Cl)c2c(c1)OCCO2. The number of nitrogens with one attached hydrogen (secondary N) is 1. The minimum Gasteiger partial charge on any atom is -0.486 e. The highest BCUT2D eigenvalue weighted by Gasteiger charge is 2.24. The molecule has 0 spiro atoms. The molecule has 0 saturated carbocycles. The fraction of sp³-hybridized carbons (Fsp3) is 0.400. The van der Waals surface area contributed by atoms with Crippen LogP contribution in [-0.2, 0) is 16.4 Å². The van der Waals surface area contributed by atoms with E-state index in [9.17, 15) is 8.42 Å². The molecule has 1 aliphatic rings. The van der Waals surface area contributed by atoms with Crippen LogP contribution in [0, 0.1) is 13.8 Å². The second-order valence-corrected chi connectivity index (χ2v) is 7.51. The van der Waals surface area contributed by atoms with Gasteiger partial charge < -0.3 is 14.0 Å². The Labute approximate surface area is 144 Å². The summed E-state index contributed by atoms with van der Waals surface area (Å²) in [5.74, 6) is 1.38. The van der Waals surface area contributed by atoms with Crippen molar-refractivity contribution in [3.63, 3.8) is 0 Å². The molecule has 0 fully saturated rings. The van der Waals surface area contributed by atoms with Gasteiger partial charge in [-0.25, -0.2) is 13.1 Å². The number of nitrogens with zero attached hydrogens (tertiary/aromatic N) is 1. The third-order valence-corrected chi connectivity index (χ3v) is 5.58. The summed E-state index contributed by atoms with van der Waals surface area (Å²) in [6.07, 6.45) is 0.457. The molecule has 0 atom stereocenters. The van der Waals surface area contributed by atoms with E-state index < -0.39 is 10.0 Å². The first-order valence-corrected chi connectivity index (χ1v) is 9.25. The molecule has 1 aliphatic heterocycles. The normalized spacial score (nSPS) is 14.0. The number of hydrogen-bond acceptors (Lipinski definition) is 6. The second-order valence-electron chi connectivity index (χ2n) is 5.40. The minimum absolute atomic E-state index is 0.0858. The van der Waals surface area contributed by atoms with Crippen LogP contribution in [0.5, 0.6) is 11.5 Å². The van der Waals surface area contributed by atoms with E-state index in [1.165, 1.54) is 0 Å². The van der Waals surface area contributed by atoms with E-state index in [0.717, 1.165) is 5.56 Å². The van der Waals surface area contributed by atoms with Gasteiger partial charge in [-0.3, -0.25) is 0 Å². The number of fused-ring (bicyclic) bond motifs is 1. The lowest BCUT2D eigenvalue weighted by atomic mass is 10.1. The molecule has 1 aromatic carbocycles. The van der Waals surface area contributed by atoms with Crippen LogP contribution in [0.3, 0.4) is 0 Å². The predicted octanol–water partition coefficient (Wildman–Crippen LogP) is 2.24. The zero-order chi connectivity index (χ0) is 17.3. The summed E-state index contributed by atoms with van der Waals surface area (Å²) in [6.45, 7) is 4.29. The van der Waals surface area contributed by atoms with Crippen molar-refractivity contribution >= 4 is 21.6 Å². The maximum absolute atomic E-state index is 12.3. The van der Waals surface area contributed by atoms with Gasteiger partial charge in [0, 0.05) is 6.54 Å². The summed E-state index contributed by atoms with van der Waals surface area (Å²) in [6, 6.07) is 3.56. The quantitative estimate of drug-likeness (QED) is 0.865. The zero-order valence-electron chi connectivity index (χ0n) is 13.3. The minimum atomic E-state index is -3.67. The van der Waals surface area contributed by atoms with Gasteiger partial charge in [0.15, 0.2) is 17.3 Å². The monoisotopic (exact) mass is 372 g/mol. The van der Waals surface area contributed by atoms with Gasteiger partial charge in [-0.1, -0.05) is 16.8 Å². The molecular formula is C15H17ClN2O5S. The fourth-order valence-corrected chi connectivity index (χ4v) is 4.21. The first-order valence-electron chi connectivity index (χ1n) is 7.39. The molecule has 0 radical (unpaired) electrons. The number of sulfonamides is 1. The molecule has 3 rings (SSSR count). The van der Waals surface area contributed by atoms with Crippen LogP contribution in [0.2, 0.25) is 5.02 Å². The van der Waals surface area contributed by atoms with E-state index in [1.54, 1.807) is 19.9 Å². The van der Waals surface area contributed by atoms with Crippen LogP contribution < -0.4 is 14.2 Å². The molecule has 7 nitrogen and oxygen atoms in total. The van der Waals surface area contributed by atoms with Gasteiger partial charge in [0.2, 0.25) is 10.0 Å². The third-order valence-electron chi connectivity index (χ3n) is 3.60. The van der Waals surface area contributed by atoms with Gasteiger partial charge in [0.25, 0.3) is 0 Å². The lowest BCUT2D eigenvalue weighted by Crippen LogP contribution is -2.27. The second kappa shape index (κ2) is 6.62. The van der Waals surface area contributed by atoms with E-state index in [4.69, 9.17) is 25.6 Å². The van der Waals surface area contributed by atoms with Crippen molar-refractivity contribution in [2.24, 2.45) is 0 Å². The number of ether oxygens (including phenoxy) is 2. The molecule has 130 valence electrons. The Morgan fingerprint density at radius 3 is 2.71 bits per heavy atom. The van der Waals surface area contributed by atoms with Gasteiger partial charge in [0.1, 0.15) is 23.8 Å². The molecule has 1 aromatic heterocycles. The predicted molar refractivity (Wildman–Crippen MR) is 87.3 cm³/mol. The largest absolute Gasteiger partial charge is 0.486 e. The first-order chi connectivity index (χ1) is 11.4. The number of rotatable bonds is 5. The summed E-state index contributed by atoms with van der Waals surface area (Å²) in [4.78, 5) is 0.0858. The van der Waals surface area contributed by atoms with Crippen LogP contribution >= 0.6 is 11.6 Å². The van der Waals surface area contributed by atoms with Crippen LogP contribution in [0.15, 0.2) is 21.6 Å². The molecule has 9 heteroatoms. The topological polar surface area (TPSA) is 90.7 Å².